The van der Waals surface area contributed by atoms with Crippen molar-refractivity contribution in [2.24, 2.45) is 0 Å². The van der Waals surface area contributed by atoms with E-state index in [9.17, 15) is 4.79 Å². The highest BCUT2D eigenvalue weighted by Gasteiger charge is 2.18. The third kappa shape index (κ3) is 4.11. The van der Waals surface area contributed by atoms with Crippen molar-refractivity contribution in [1.82, 2.24) is 4.98 Å². The first-order chi connectivity index (χ1) is 10.7. The highest BCUT2D eigenvalue weighted by atomic mass is 35.5. The van der Waals surface area contributed by atoms with Gasteiger partial charge in [0.05, 0.1) is 5.56 Å². The Labute approximate surface area is 142 Å². The van der Waals surface area contributed by atoms with E-state index in [1.54, 1.807) is 18.3 Å². The summed E-state index contributed by atoms with van der Waals surface area (Å²) in [7, 11) is 0. The van der Waals surface area contributed by atoms with Gasteiger partial charge in [0.1, 0.15) is 11.8 Å². The highest BCUT2D eigenvalue weighted by Crippen LogP contribution is 2.27. The number of pyridine rings is 1. The molecule has 0 aliphatic rings. The molecule has 2 aromatic rings. The van der Waals surface area contributed by atoms with Crippen molar-refractivity contribution in [2.75, 3.05) is 0 Å². The first-order valence-electron chi connectivity index (χ1n) is 7.58. The van der Waals surface area contributed by atoms with Crippen LogP contribution in [-0.2, 0) is 16.8 Å². The summed E-state index contributed by atoms with van der Waals surface area (Å²) in [6.45, 7) is 10.9. The number of benzene rings is 1. The van der Waals surface area contributed by atoms with Gasteiger partial charge in [0.15, 0.2) is 0 Å². The van der Waals surface area contributed by atoms with Crippen molar-refractivity contribution in [3.8, 4) is 0 Å². The molecule has 3 nitrogen and oxygen atoms in total. The van der Waals surface area contributed by atoms with Crippen molar-refractivity contribution >= 4 is 17.6 Å². The van der Waals surface area contributed by atoms with Gasteiger partial charge < -0.3 is 4.74 Å². The third-order valence-electron chi connectivity index (χ3n) is 3.89. The Kier molecular flexibility index (Phi) is 5.10. The van der Waals surface area contributed by atoms with E-state index < -0.39 is 5.97 Å². The molecule has 1 aromatic heterocycles. The molecular weight excluding hydrogens is 310 g/mol. The predicted octanol–water partition coefficient (Wildman–Crippen LogP) is 5.01. The van der Waals surface area contributed by atoms with Crippen molar-refractivity contribution in [3.05, 3.63) is 63.4 Å². The lowest BCUT2D eigenvalue weighted by molar-refractivity contribution is 0.0471. The Morgan fingerprint density at radius 1 is 1.22 bits per heavy atom. The van der Waals surface area contributed by atoms with Crippen molar-refractivity contribution in [2.45, 2.75) is 46.6 Å². The SMILES string of the molecule is Cc1cc(C(C)(C)C)cc(C)c1COC(=O)c1cccnc1Cl. The molecule has 2 rings (SSSR count). The molecule has 0 unspecified atom stereocenters. The number of aromatic nitrogens is 1. The van der Waals surface area contributed by atoms with E-state index in [-0.39, 0.29) is 22.7 Å². The lowest BCUT2D eigenvalue weighted by Crippen LogP contribution is -2.13. The zero-order valence-corrected chi connectivity index (χ0v) is 15.0. The molecule has 0 aliphatic heterocycles. The number of hydrogen-bond donors (Lipinski definition) is 0. The quantitative estimate of drug-likeness (QED) is 0.586. The molecule has 0 bridgehead atoms. The van der Waals surface area contributed by atoms with Crippen LogP contribution in [0.15, 0.2) is 30.5 Å². The molecule has 1 heterocycles. The highest BCUT2D eigenvalue weighted by molar-refractivity contribution is 6.32. The summed E-state index contributed by atoms with van der Waals surface area (Å²) in [6.07, 6.45) is 1.54. The maximum Gasteiger partial charge on any atom is 0.341 e. The molecule has 0 atom stereocenters. The minimum atomic E-state index is -0.457. The number of aryl methyl sites for hydroxylation is 2. The molecule has 0 saturated heterocycles. The topological polar surface area (TPSA) is 39.2 Å². The van der Waals surface area contributed by atoms with E-state index >= 15 is 0 Å². The van der Waals surface area contributed by atoms with Crippen LogP contribution in [0.1, 0.15) is 53.4 Å². The lowest BCUT2D eigenvalue weighted by Gasteiger charge is -2.22. The standard InChI is InChI=1S/C19H22ClNO2/c1-12-9-14(19(3,4)5)10-13(2)16(12)11-23-18(22)15-7-6-8-21-17(15)20/h6-10H,11H2,1-5H3. The van der Waals surface area contributed by atoms with Crippen LogP contribution >= 0.6 is 11.6 Å². The zero-order chi connectivity index (χ0) is 17.2. The van der Waals surface area contributed by atoms with Crippen LogP contribution in [-0.4, -0.2) is 11.0 Å². The Morgan fingerprint density at radius 3 is 2.35 bits per heavy atom. The third-order valence-corrected chi connectivity index (χ3v) is 4.19. The number of carbonyl (C=O) groups is 1. The van der Waals surface area contributed by atoms with Crippen molar-refractivity contribution in [3.63, 3.8) is 0 Å². The summed E-state index contributed by atoms with van der Waals surface area (Å²) in [6, 6.07) is 7.59. The van der Waals surface area contributed by atoms with Gasteiger partial charge in [-0.05, 0) is 53.6 Å². The molecule has 1 aromatic carbocycles. The molecule has 4 heteroatoms. The van der Waals surface area contributed by atoms with E-state index in [1.165, 1.54) is 5.56 Å². The number of halogens is 1. The van der Waals surface area contributed by atoms with Crippen LogP contribution in [0.4, 0.5) is 0 Å². The average Bonchev–Trinajstić information content (AvgIpc) is 2.45. The number of ether oxygens (including phenoxy) is 1. The van der Waals surface area contributed by atoms with Gasteiger partial charge in [-0.3, -0.25) is 0 Å². The van der Waals surface area contributed by atoms with Gasteiger partial charge in [0.25, 0.3) is 0 Å². The van der Waals surface area contributed by atoms with Gasteiger partial charge in [-0.1, -0.05) is 44.5 Å². The monoisotopic (exact) mass is 331 g/mol. The Morgan fingerprint density at radius 2 is 1.83 bits per heavy atom. The average molecular weight is 332 g/mol. The van der Waals surface area contributed by atoms with E-state index in [2.05, 4.69) is 37.9 Å². The second-order valence-electron chi connectivity index (χ2n) is 6.76. The lowest BCUT2D eigenvalue weighted by atomic mass is 9.84. The molecule has 0 fully saturated rings. The van der Waals surface area contributed by atoms with Gasteiger partial charge in [-0.15, -0.1) is 0 Å². The fourth-order valence-electron chi connectivity index (χ4n) is 2.41. The fraction of sp³-hybridized carbons (Fsp3) is 0.368. The molecule has 0 aliphatic carbocycles. The Balaban J connectivity index is 2.18. The molecule has 122 valence electrons. The smallest absolute Gasteiger partial charge is 0.341 e. The van der Waals surface area contributed by atoms with E-state index in [1.807, 2.05) is 13.8 Å². The number of rotatable bonds is 3. The second kappa shape index (κ2) is 6.71. The number of nitrogens with zero attached hydrogens (tertiary/aromatic N) is 1. The van der Waals surface area contributed by atoms with Gasteiger partial charge in [-0.25, -0.2) is 9.78 Å². The largest absolute Gasteiger partial charge is 0.457 e. The van der Waals surface area contributed by atoms with E-state index in [0.717, 1.165) is 16.7 Å². The van der Waals surface area contributed by atoms with Gasteiger partial charge in [-0.2, -0.15) is 0 Å². The van der Waals surface area contributed by atoms with Crippen LogP contribution in [0.2, 0.25) is 5.15 Å². The summed E-state index contributed by atoms with van der Waals surface area (Å²) in [5.41, 5.74) is 4.94. The molecule has 0 saturated carbocycles. The molecule has 0 N–H and O–H groups in total. The van der Waals surface area contributed by atoms with Gasteiger partial charge in [0.2, 0.25) is 0 Å². The van der Waals surface area contributed by atoms with Crippen LogP contribution in [0, 0.1) is 13.8 Å². The van der Waals surface area contributed by atoms with Crippen LogP contribution < -0.4 is 0 Å². The summed E-state index contributed by atoms with van der Waals surface area (Å²) >= 11 is 5.92. The number of hydrogen-bond acceptors (Lipinski definition) is 3. The maximum absolute atomic E-state index is 12.1. The van der Waals surface area contributed by atoms with Crippen molar-refractivity contribution in [1.29, 1.82) is 0 Å². The molecule has 0 spiro atoms. The van der Waals surface area contributed by atoms with Gasteiger partial charge >= 0.3 is 5.97 Å². The summed E-state index contributed by atoms with van der Waals surface area (Å²) in [4.78, 5) is 16.0. The predicted molar refractivity (Wildman–Crippen MR) is 93.0 cm³/mol. The van der Waals surface area contributed by atoms with Crippen LogP contribution in [0.25, 0.3) is 0 Å². The fourth-order valence-corrected chi connectivity index (χ4v) is 2.60. The zero-order valence-electron chi connectivity index (χ0n) is 14.2. The Hall–Kier alpha value is -1.87. The molecule has 0 radical (unpaired) electrons. The van der Waals surface area contributed by atoms with Crippen LogP contribution in [0.3, 0.4) is 0 Å². The summed E-state index contributed by atoms with van der Waals surface area (Å²) < 4.78 is 5.42. The van der Waals surface area contributed by atoms with Gasteiger partial charge in [0, 0.05) is 6.20 Å². The Bertz CT molecular complexity index is 709. The maximum atomic E-state index is 12.1. The van der Waals surface area contributed by atoms with E-state index in [4.69, 9.17) is 16.3 Å². The molecule has 0 amide bonds. The number of esters is 1. The molecular formula is C19H22ClNO2. The summed E-state index contributed by atoms with van der Waals surface area (Å²) in [5, 5.41) is 0.161. The first-order valence-corrected chi connectivity index (χ1v) is 7.96. The number of carbonyl (C=O) groups excluding carboxylic acids is 1. The van der Waals surface area contributed by atoms with E-state index in [0.29, 0.717) is 0 Å². The minimum Gasteiger partial charge on any atom is -0.457 e. The molecule has 23 heavy (non-hydrogen) atoms. The van der Waals surface area contributed by atoms with Crippen LogP contribution in [0.5, 0.6) is 0 Å². The first kappa shape index (κ1) is 17.5. The van der Waals surface area contributed by atoms with Crippen molar-refractivity contribution < 1.29 is 9.53 Å². The summed E-state index contributed by atoms with van der Waals surface area (Å²) in [5.74, 6) is -0.457. The minimum absolute atomic E-state index is 0.0912. The second-order valence-corrected chi connectivity index (χ2v) is 7.11. The normalized spacial score (nSPS) is 11.4.